The van der Waals surface area contributed by atoms with Crippen LogP contribution in [0.1, 0.15) is 32.1 Å². The van der Waals surface area contributed by atoms with Crippen LogP contribution in [0.2, 0.25) is 0 Å². The van der Waals surface area contributed by atoms with Gasteiger partial charge in [0.25, 0.3) is 0 Å². The zero-order valence-corrected chi connectivity index (χ0v) is 9.57. The van der Waals surface area contributed by atoms with Crippen LogP contribution in [-0.4, -0.2) is 48.1 Å². The first-order valence-electron chi connectivity index (χ1n) is 5.89. The van der Waals surface area contributed by atoms with Crippen molar-refractivity contribution in [1.29, 1.82) is 0 Å². The quantitative estimate of drug-likeness (QED) is 0.648. The highest BCUT2D eigenvalue weighted by Crippen LogP contribution is 2.03. The van der Waals surface area contributed by atoms with E-state index in [0.29, 0.717) is 6.42 Å². The van der Waals surface area contributed by atoms with Gasteiger partial charge >= 0.3 is 5.97 Å². The van der Waals surface area contributed by atoms with Gasteiger partial charge in [-0.3, -0.25) is 9.59 Å². The zero-order valence-electron chi connectivity index (χ0n) is 9.57. The fourth-order valence-corrected chi connectivity index (χ4v) is 1.83. The number of unbranched alkanes of at least 4 members (excludes halogenated alkanes) is 2. The second-order valence-corrected chi connectivity index (χ2v) is 4.15. The van der Waals surface area contributed by atoms with E-state index in [1.165, 1.54) is 0 Å². The molecule has 5 nitrogen and oxygen atoms in total. The number of amides is 1. The summed E-state index contributed by atoms with van der Waals surface area (Å²) in [6.45, 7) is 3.43. The Bertz CT molecular complexity index is 243. The van der Waals surface area contributed by atoms with Crippen LogP contribution in [0.25, 0.3) is 0 Å². The first-order chi connectivity index (χ1) is 7.68. The van der Waals surface area contributed by atoms with Crippen LogP contribution in [0.5, 0.6) is 0 Å². The van der Waals surface area contributed by atoms with E-state index in [4.69, 9.17) is 5.11 Å². The summed E-state index contributed by atoms with van der Waals surface area (Å²) in [4.78, 5) is 23.6. The van der Waals surface area contributed by atoms with E-state index < -0.39 is 5.97 Å². The molecule has 0 atom stereocenters. The molecule has 0 aromatic carbocycles. The topological polar surface area (TPSA) is 69.6 Å². The van der Waals surface area contributed by atoms with E-state index in [1.54, 1.807) is 0 Å². The van der Waals surface area contributed by atoms with Crippen LogP contribution < -0.4 is 5.32 Å². The average Bonchev–Trinajstić information content (AvgIpc) is 2.43. The molecule has 0 aromatic heterocycles. The average molecular weight is 228 g/mol. The maximum absolute atomic E-state index is 11.1. The summed E-state index contributed by atoms with van der Waals surface area (Å²) in [5.74, 6) is -0.585. The summed E-state index contributed by atoms with van der Waals surface area (Å²) in [6, 6.07) is 0. The normalized spacial score (nSPS) is 17.9. The third-order valence-electron chi connectivity index (χ3n) is 2.77. The largest absolute Gasteiger partial charge is 0.481 e. The Morgan fingerprint density at radius 1 is 1.31 bits per heavy atom. The third kappa shape index (κ3) is 5.70. The Morgan fingerprint density at radius 2 is 2.12 bits per heavy atom. The standard InChI is InChI=1S/C11H20N2O3/c14-10-5-8-13(9-6-12-10)7-3-1-2-4-11(15)16/h1-9H2,(H,12,14)(H,15,16). The smallest absolute Gasteiger partial charge is 0.303 e. The molecule has 16 heavy (non-hydrogen) atoms. The SMILES string of the molecule is O=C(O)CCCCCN1CCNC(=O)CC1. The molecule has 1 aliphatic rings. The summed E-state index contributed by atoms with van der Waals surface area (Å²) in [7, 11) is 0. The van der Waals surface area contributed by atoms with Gasteiger partial charge in [-0.1, -0.05) is 6.42 Å². The molecule has 1 aliphatic heterocycles. The fourth-order valence-electron chi connectivity index (χ4n) is 1.83. The van der Waals surface area contributed by atoms with E-state index in [9.17, 15) is 9.59 Å². The summed E-state index contributed by atoms with van der Waals surface area (Å²) in [5, 5.41) is 11.3. The minimum Gasteiger partial charge on any atom is -0.481 e. The monoisotopic (exact) mass is 228 g/mol. The predicted octanol–water partition coefficient (Wildman–Crippen LogP) is 0.453. The molecule has 2 N–H and O–H groups in total. The molecular weight excluding hydrogens is 208 g/mol. The Balaban J connectivity index is 2.03. The lowest BCUT2D eigenvalue weighted by Gasteiger charge is -2.18. The number of carboxylic acid groups (broad SMARTS) is 1. The highest BCUT2D eigenvalue weighted by molar-refractivity contribution is 5.76. The maximum Gasteiger partial charge on any atom is 0.303 e. The van der Waals surface area contributed by atoms with Crippen LogP contribution in [0.15, 0.2) is 0 Å². The van der Waals surface area contributed by atoms with Crippen molar-refractivity contribution in [1.82, 2.24) is 10.2 Å². The number of nitrogens with one attached hydrogen (secondary N) is 1. The van der Waals surface area contributed by atoms with Gasteiger partial charge in [-0.2, -0.15) is 0 Å². The number of aliphatic carboxylic acids is 1. The van der Waals surface area contributed by atoms with Gasteiger partial charge in [0.05, 0.1) is 0 Å². The lowest BCUT2D eigenvalue weighted by atomic mass is 10.2. The summed E-state index contributed by atoms with van der Waals surface area (Å²) >= 11 is 0. The van der Waals surface area contributed by atoms with Gasteiger partial charge in [0, 0.05) is 32.5 Å². The molecule has 92 valence electrons. The molecule has 0 aromatic rings. The van der Waals surface area contributed by atoms with Crippen molar-refractivity contribution < 1.29 is 14.7 Å². The summed E-state index contributed by atoms with van der Waals surface area (Å²) < 4.78 is 0. The zero-order chi connectivity index (χ0) is 11.8. The predicted molar refractivity (Wildman–Crippen MR) is 60.2 cm³/mol. The summed E-state index contributed by atoms with van der Waals surface area (Å²) in [6.07, 6.45) is 3.56. The third-order valence-corrected chi connectivity index (χ3v) is 2.77. The van der Waals surface area contributed by atoms with Crippen LogP contribution in [0.4, 0.5) is 0 Å². The van der Waals surface area contributed by atoms with Gasteiger partial charge in [0.15, 0.2) is 0 Å². The van der Waals surface area contributed by atoms with Crippen LogP contribution >= 0.6 is 0 Å². The number of carboxylic acids is 1. The first-order valence-corrected chi connectivity index (χ1v) is 5.89. The number of hydrogen-bond donors (Lipinski definition) is 2. The molecule has 1 saturated heterocycles. The number of nitrogens with zero attached hydrogens (tertiary/aromatic N) is 1. The highest BCUT2D eigenvalue weighted by atomic mass is 16.4. The molecular formula is C11H20N2O3. The van der Waals surface area contributed by atoms with Crippen molar-refractivity contribution in [2.24, 2.45) is 0 Å². The highest BCUT2D eigenvalue weighted by Gasteiger charge is 2.12. The second-order valence-electron chi connectivity index (χ2n) is 4.15. The Labute approximate surface area is 95.8 Å². The van der Waals surface area contributed by atoms with Gasteiger partial charge in [-0.25, -0.2) is 0 Å². The number of rotatable bonds is 6. The van der Waals surface area contributed by atoms with E-state index >= 15 is 0 Å². The van der Waals surface area contributed by atoms with Crippen LogP contribution in [0, 0.1) is 0 Å². The van der Waals surface area contributed by atoms with E-state index in [-0.39, 0.29) is 12.3 Å². The number of hydrogen-bond acceptors (Lipinski definition) is 3. The lowest BCUT2D eigenvalue weighted by Crippen LogP contribution is -2.29. The van der Waals surface area contributed by atoms with Crippen molar-refractivity contribution in [2.45, 2.75) is 32.1 Å². The lowest BCUT2D eigenvalue weighted by molar-refractivity contribution is -0.137. The molecule has 1 rings (SSSR count). The van der Waals surface area contributed by atoms with E-state index in [1.807, 2.05) is 0 Å². The minimum absolute atomic E-state index is 0.133. The Kier molecular flexibility index (Phi) is 5.85. The molecule has 1 fully saturated rings. The van der Waals surface area contributed by atoms with Gasteiger partial charge in [0.2, 0.25) is 5.91 Å². The Morgan fingerprint density at radius 3 is 2.88 bits per heavy atom. The maximum atomic E-state index is 11.1. The number of carbonyl (C=O) groups excluding carboxylic acids is 1. The van der Waals surface area contributed by atoms with Gasteiger partial charge in [-0.15, -0.1) is 0 Å². The van der Waals surface area contributed by atoms with Gasteiger partial charge in [-0.05, 0) is 19.4 Å². The van der Waals surface area contributed by atoms with Crippen molar-refractivity contribution in [3.05, 3.63) is 0 Å². The molecule has 1 amide bonds. The molecule has 1 heterocycles. The van der Waals surface area contributed by atoms with Crippen molar-refractivity contribution >= 4 is 11.9 Å². The minimum atomic E-state index is -0.718. The molecule has 0 radical (unpaired) electrons. The second kappa shape index (κ2) is 7.22. The molecule has 0 unspecified atom stereocenters. The molecule has 0 spiro atoms. The molecule has 0 aliphatic carbocycles. The van der Waals surface area contributed by atoms with Crippen molar-refractivity contribution in [3.8, 4) is 0 Å². The van der Waals surface area contributed by atoms with Crippen LogP contribution in [-0.2, 0) is 9.59 Å². The van der Waals surface area contributed by atoms with E-state index in [0.717, 1.165) is 45.4 Å². The molecule has 0 bridgehead atoms. The molecule has 5 heteroatoms. The van der Waals surface area contributed by atoms with Crippen molar-refractivity contribution in [3.63, 3.8) is 0 Å². The van der Waals surface area contributed by atoms with Gasteiger partial charge in [0.1, 0.15) is 0 Å². The first kappa shape index (κ1) is 13.0. The van der Waals surface area contributed by atoms with Crippen LogP contribution in [0.3, 0.4) is 0 Å². The fraction of sp³-hybridized carbons (Fsp3) is 0.818. The van der Waals surface area contributed by atoms with E-state index in [2.05, 4.69) is 10.2 Å². The summed E-state index contributed by atoms with van der Waals surface area (Å²) in [5.41, 5.74) is 0. The number of carbonyl (C=O) groups is 2. The molecule has 0 saturated carbocycles. The van der Waals surface area contributed by atoms with Crippen molar-refractivity contribution in [2.75, 3.05) is 26.2 Å². The van der Waals surface area contributed by atoms with Gasteiger partial charge < -0.3 is 15.3 Å². The Hall–Kier alpha value is -1.10.